The number of benzene rings is 1. The summed E-state index contributed by atoms with van der Waals surface area (Å²) in [5, 5.41) is 0. The van der Waals surface area contributed by atoms with Crippen LogP contribution in [0.1, 0.15) is 49.7 Å². The Balaban J connectivity index is 1.68. The lowest BCUT2D eigenvalue weighted by Gasteiger charge is -2.23. The second-order valence-corrected chi connectivity index (χ2v) is 12.0. The minimum absolute atomic E-state index is 0.0253. The minimum Gasteiger partial charge on any atom is -0.598 e. The quantitative estimate of drug-likeness (QED) is 0.275. The Bertz CT molecular complexity index is 1130. The van der Waals surface area contributed by atoms with Gasteiger partial charge in [0.15, 0.2) is 17.0 Å². The number of aromatic nitrogens is 4. The minimum atomic E-state index is -1.21. The predicted molar refractivity (Wildman–Crippen MR) is 130 cm³/mol. The van der Waals surface area contributed by atoms with E-state index in [2.05, 4.69) is 54.4 Å². The van der Waals surface area contributed by atoms with Crippen molar-refractivity contribution in [2.45, 2.75) is 57.7 Å². The molecule has 0 spiro atoms. The van der Waals surface area contributed by atoms with E-state index in [0.29, 0.717) is 30.7 Å². The summed E-state index contributed by atoms with van der Waals surface area (Å²) in [6.45, 7) is 6.59. The summed E-state index contributed by atoms with van der Waals surface area (Å²) in [6.07, 6.45) is 3.12. The highest BCUT2D eigenvalue weighted by Gasteiger charge is 2.26. The van der Waals surface area contributed by atoms with Crippen LogP contribution in [0.5, 0.6) is 0 Å². The lowest BCUT2D eigenvalue weighted by Crippen LogP contribution is -2.40. The molecule has 0 bridgehead atoms. The van der Waals surface area contributed by atoms with Crippen LogP contribution < -0.4 is 10.5 Å². The van der Waals surface area contributed by atoms with Crippen molar-refractivity contribution in [3.63, 3.8) is 0 Å². The van der Waals surface area contributed by atoms with Crippen LogP contribution in [0.15, 0.2) is 12.1 Å². The van der Waals surface area contributed by atoms with E-state index in [9.17, 15) is 8.94 Å². The fourth-order valence-electron chi connectivity index (χ4n) is 3.83. The van der Waals surface area contributed by atoms with Gasteiger partial charge in [-0.05, 0) is 85.4 Å². The molecule has 0 aliphatic heterocycles. The highest BCUT2D eigenvalue weighted by molar-refractivity contribution is 14.1. The van der Waals surface area contributed by atoms with Gasteiger partial charge in [0.25, 0.3) is 0 Å². The summed E-state index contributed by atoms with van der Waals surface area (Å²) in [5.41, 5.74) is 10.7. The predicted octanol–water partition coefficient (Wildman–Crippen LogP) is 3.28. The molecule has 3 N–H and O–H groups in total. The number of hydrogen-bond acceptors (Lipinski definition) is 6. The largest absolute Gasteiger partial charge is 0.598 e. The molecular formula is C21H26FIN6OS. The number of anilines is 1. The highest BCUT2D eigenvalue weighted by atomic mass is 127. The van der Waals surface area contributed by atoms with Crippen LogP contribution in [-0.2, 0) is 37.2 Å². The molecule has 1 aliphatic carbocycles. The van der Waals surface area contributed by atoms with Gasteiger partial charge < -0.3 is 14.9 Å². The molecule has 1 unspecified atom stereocenters. The van der Waals surface area contributed by atoms with Gasteiger partial charge in [-0.3, -0.25) is 0 Å². The average Bonchev–Trinajstić information content (AvgIpc) is 3.26. The number of hydrogen-bond donors (Lipinski definition) is 2. The van der Waals surface area contributed by atoms with E-state index in [0.717, 1.165) is 18.7 Å². The smallest absolute Gasteiger partial charge is 0.312 e. The first-order valence-electron chi connectivity index (χ1n) is 10.3. The number of nitrogens with zero attached hydrogens (tertiary/aromatic N) is 4. The Labute approximate surface area is 197 Å². The number of nitrogens with one attached hydrogen (secondary N) is 1. The first-order chi connectivity index (χ1) is 14.6. The second-order valence-electron chi connectivity index (χ2n) is 8.75. The number of fused-ring (bicyclic) bond motifs is 2. The van der Waals surface area contributed by atoms with Gasteiger partial charge in [-0.15, -0.1) is 4.72 Å². The summed E-state index contributed by atoms with van der Waals surface area (Å²) in [6, 6.07) is 4.52. The molecule has 2 heterocycles. The van der Waals surface area contributed by atoms with Gasteiger partial charge in [0.1, 0.15) is 10.6 Å². The maximum atomic E-state index is 13.9. The Kier molecular flexibility index (Phi) is 6.44. The monoisotopic (exact) mass is 556 g/mol. The van der Waals surface area contributed by atoms with Gasteiger partial charge in [0, 0.05) is 27.9 Å². The van der Waals surface area contributed by atoms with Crippen molar-refractivity contribution in [2.24, 2.45) is 0 Å². The Hall–Kier alpha value is -1.50. The van der Waals surface area contributed by atoms with Gasteiger partial charge in [-0.2, -0.15) is 14.4 Å². The molecule has 0 radical (unpaired) electrons. The van der Waals surface area contributed by atoms with Crippen molar-refractivity contribution >= 4 is 50.9 Å². The van der Waals surface area contributed by atoms with Crippen molar-refractivity contribution in [3.8, 4) is 0 Å². The van der Waals surface area contributed by atoms with E-state index in [4.69, 9.17) is 5.73 Å². The summed E-state index contributed by atoms with van der Waals surface area (Å²) in [4.78, 5) is 12.3. The highest BCUT2D eigenvalue weighted by Crippen LogP contribution is 2.29. The fraction of sp³-hybridized carbons (Fsp3) is 0.476. The summed E-state index contributed by atoms with van der Waals surface area (Å²) < 4.78 is 32.0. The molecule has 2 aromatic heterocycles. The van der Waals surface area contributed by atoms with Crippen molar-refractivity contribution in [2.75, 3.05) is 12.3 Å². The van der Waals surface area contributed by atoms with Crippen LogP contribution in [0.3, 0.4) is 0 Å². The molecule has 3 aromatic rings. The molecule has 7 nitrogen and oxygen atoms in total. The molecule has 0 amide bonds. The topological polar surface area (TPSA) is 105 Å². The normalized spacial score (nSPS) is 14.9. The van der Waals surface area contributed by atoms with E-state index in [-0.39, 0.29) is 10.6 Å². The maximum Gasteiger partial charge on any atom is 0.312 e. The third kappa shape index (κ3) is 4.81. The molecule has 1 aliphatic rings. The van der Waals surface area contributed by atoms with Crippen molar-refractivity contribution in [1.29, 1.82) is 0 Å². The zero-order valence-corrected chi connectivity index (χ0v) is 20.8. The number of aryl methyl sites for hydroxylation is 2. The SMILES string of the molecule is CC(C)(C)[S+]([O-])NCCn1c(Cc2cc3c(cc2I)CCC3)nc2c(N)nc(F)nc21. The van der Waals surface area contributed by atoms with Gasteiger partial charge >= 0.3 is 6.08 Å². The third-order valence-electron chi connectivity index (χ3n) is 5.41. The Morgan fingerprint density at radius 3 is 2.65 bits per heavy atom. The molecule has 31 heavy (non-hydrogen) atoms. The van der Waals surface area contributed by atoms with Gasteiger partial charge in [0.05, 0.1) is 6.54 Å². The van der Waals surface area contributed by atoms with Gasteiger partial charge in [0.2, 0.25) is 0 Å². The summed E-state index contributed by atoms with van der Waals surface area (Å²) >= 11 is 1.16. The zero-order chi connectivity index (χ0) is 22.3. The number of imidazole rings is 1. The molecule has 10 heteroatoms. The van der Waals surface area contributed by atoms with E-state index in [1.165, 1.54) is 26.7 Å². The molecule has 1 atom stereocenters. The molecule has 0 fully saturated rings. The van der Waals surface area contributed by atoms with Crippen LogP contribution >= 0.6 is 22.6 Å². The van der Waals surface area contributed by atoms with Crippen LogP contribution in [0, 0.1) is 9.65 Å². The average molecular weight is 556 g/mol. The molecule has 4 rings (SSSR count). The third-order valence-corrected chi connectivity index (χ3v) is 7.99. The van der Waals surface area contributed by atoms with Crippen molar-refractivity contribution < 1.29 is 8.94 Å². The summed E-state index contributed by atoms with van der Waals surface area (Å²) in [7, 11) is 0. The first kappa shape index (κ1) is 22.7. The molecule has 0 saturated heterocycles. The van der Waals surface area contributed by atoms with E-state index in [1.54, 1.807) is 0 Å². The number of rotatable bonds is 6. The molecule has 166 valence electrons. The molecule has 1 aromatic carbocycles. The fourth-order valence-corrected chi connectivity index (χ4v) is 5.26. The Morgan fingerprint density at radius 2 is 1.94 bits per heavy atom. The second kappa shape index (κ2) is 8.80. The van der Waals surface area contributed by atoms with Crippen LogP contribution in [-0.4, -0.2) is 35.4 Å². The molecule has 0 saturated carbocycles. The lowest BCUT2D eigenvalue weighted by molar-refractivity contribution is 0.532. The first-order valence-corrected chi connectivity index (χ1v) is 12.5. The van der Waals surface area contributed by atoms with Gasteiger partial charge in [-0.1, -0.05) is 6.07 Å². The van der Waals surface area contributed by atoms with E-state index < -0.39 is 17.4 Å². The van der Waals surface area contributed by atoms with Crippen LogP contribution in [0.2, 0.25) is 0 Å². The number of nitrogen functional groups attached to an aromatic ring is 1. The maximum absolute atomic E-state index is 13.9. The van der Waals surface area contributed by atoms with E-state index >= 15 is 0 Å². The number of nitrogens with two attached hydrogens (primary N) is 1. The van der Waals surface area contributed by atoms with E-state index in [1.807, 2.05) is 25.3 Å². The van der Waals surface area contributed by atoms with Crippen molar-refractivity contribution in [3.05, 3.63) is 44.3 Å². The van der Waals surface area contributed by atoms with Gasteiger partial charge in [-0.25, -0.2) is 4.98 Å². The van der Waals surface area contributed by atoms with Crippen LogP contribution in [0.4, 0.5) is 10.2 Å². The number of halogens is 2. The standard InChI is InChI=1S/C21H26FIN6OS/c1-21(2,3)31(30)25-7-8-29-16(26-17-18(24)27-20(22)28-19(17)29)11-14-9-12-5-4-6-13(12)10-15(14)23/h9-10,25H,4-8,11H2,1-3H3,(H2,24,27,28). The zero-order valence-electron chi connectivity index (χ0n) is 17.8. The molecular weight excluding hydrogens is 530 g/mol. The Morgan fingerprint density at radius 1 is 1.23 bits per heavy atom. The lowest BCUT2D eigenvalue weighted by atomic mass is 10.0. The summed E-state index contributed by atoms with van der Waals surface area (Å²) in [5.74, 6) is 0.762. The van der Waals surface area contributed by atoms with Crippen molar-refractivity contribution in [1.82, 2.24) is 24.2 Å². The van der Waals surface area contributed by atoms with Crippen LogP contribution in [0.25, 0.3) is 11.2 Å².